The minimum absolute atomic E-state index is 0.114. The third kappa shape index (κ3) is 3.72. The standard InChI is InChI=1S/C15H24N2O/c1-3-15(16)12-5-4-6-14(11-12)18-10-9-17(2)13-7-8-13/h4-6,11,13,15H,3,7-10,16H2,1-2H3. The largest absolute Gasteiger partial charge is 0.492 e. The molecule has 1 atom stereocenters. The Labute approximate surface area is 110 Å². The van der Waals surface area contributed by atoms with Crippen molar-refractivity contribution in [2.75, 3.05) is 20.2 Å². The average Bonchev–Trinajstić information content (AvgIpc) is 3.22. The zero-order valence-corrected chi connectivity index (χ0v) is 11.4. The Morgan fingerprint density at radius 1 is 1.44 bits per heavy atom. The molecule has 0 spiro atoms. The maximum absolute atomic E-state index is 6.02. The van der Waals surface area contributed by atoms with Crippen LogP contribution in [0.3, 0.4) is 0 Å². The summed E-state index contributed by atoms with van der Waals surface area (Å²) < 4.78 is 5.79. The van der Waals surface area contributed by atoms with Crippen molar-refractivity contribution in [3.63, 3.8) is 0 Å². The number of benzene rings is 1. The van der Waals surface area contributed by atoms with E-state index in [-0.39, 0.29) is 6.04 Å². The van der Waals surface area contributed by atoms with E-state index in [1.807, 2.05) is 12.1 Å². The number of hydrogen-bond acceptors (Lipinski definition) is 3. The van der Waals surface area contributed by atoms with Crippen molar-refractivity contribution in [3.05, 3.63) is 29.8 Å². The Balaban J connectivity index is 1.81. The molecule has 2 N–H and O–H groups in total. The van der Waals surface area contributed by atoms with Gasteiger partial charge in [-0.15, -0.1) is 0 Å². The molecule has 0 aliphatic heterocycles. The highest BCUT2D eigenvalue weighted by atomic mass is 16.5. The molecule has 0 radical (unpaired) electrons. The second kappa shape index (κ2) is 6.21. The van der Waals surface area contributed by atoms with Gasteiger partial charge in [-0.2, -0.15) is 0 Å². The van der Waals surface area contributed by atoms with Crippen LogP contribution in [0.25, 0.3) is 0 Å². The van der Waals surface area contributed by atoms with Crippen LogP contribution in [0, 0.1) is 0 Å². The molecule has 1 saturated carbocycles. The minimum Gasteiger partial charge on any atom is -0.492 e. The van der Waals surface area contributed by atoms with Crippen molar-refractivity contribution >= 4 is 0 Å². The Kier molecular flexibility index (Phi) is 4.61. The summed E-state index contributed by atoms with van der Waals surface area (Å²) in [5, 5.41) is 0. The van der Waals surface area contributed by atoms with Gasteiger partial charge < -0.3 is 15.4 Å². The van der Waals surface area contributed by atoms with Crippen LogP contribution in [0.1, 0.15) is 37.8 Å². The molecule has 0 amide bonds. The quantitative estimate of drug-likeness (QED) is 0.806. The summed E-state index contributed by atoms with van der Waals surface area (Å²) in [6.07, 6.45) is 3.64. The van der Waals surface area contributed by atoms with Gasteiger partial charge in [-0.05, 0) is 44.0 Å². The lowest BCUT2D eigenvalue weighted by atomic mass is 10.1. The number of rotatable bonds is 7. The molecule has 2 rings (SSSR count). The van der Waals surface area contributed by atoms with E-state index >= 15 is 0 Å². The number of hydrogen-bond donors (Lipinski definition) is 1. The highest BCUT2D eigenvalue weighted by molar-refractivity contribution is 5.30. The number of nitrogens with zero attached hydrogens (tertiary/aromatic N) is 1. The molecule has 1 fully saturated rings. The summed E-state index contributed by atoms with van der Waals surface area (Å²) in [5.74, 6) is 0.931. The highest BCUT2D eigenvalue weighted by Gasteiger charge is 2.25. The molecule has 1 unspecified atom stereocenters. The van der Waals surface area contributed by atoms with Gasteiger partial charge in [0.25, 0.3) is 0 Å². The maximum atomic E-state index is 6.02. The lowest BCUT2D eigenvalue weighted by Crippen LogP contribution is -2.26. The van der Waals surface area contributed by atoms with E-state index in [0.29, 0.717) is 0 Å². The van der Waals surface area contributed by atoms with Crippen molar-refractivity contribution in [1.29, 1.82) is 0 Å². The summed E-state index contributed by atoms with van der Waals surface area (Å²) >= 11 is 0. The van der Waals surface area contributed by atoms with E-state index in [1.165, 1.54) is 12.8 Å². The molecule has 1 aromatic rings. The van der Waals surface area contributed by atoms with Crippen molar-refractivity contribution < 1.29 is 4.74 Å². The zero-order valence-electron chi connectivity index (χ0n) is 11.4. The topological polar surface area (TPSA) is 38.5 Å². The second-order valence-electron chi connectivity index (χ2n) is 5.15. The van der Waals surface area contributed by atoms with Gasteiger partial charge in [0.15, 0.2) is 0 Å². The summed E-state index contributed by atoms with van der Waals surface area (Å²) in [5.41, 5.74) is 7.18. The Morgan fingerprint density at radius 3 is 2.89 bits per heavy atom. The summed E-state index contributed by atoms with van der Waals surface area (Å²) in [4.78, 5) is 2.38. The third-order valence-electron chi connectivity index (χ3n) is 3.61. The molecule has 18 heavy (non-hydrogen) atoms. The van der Waals surface area contributed by atoms with E-state index in [0.717, 1.165) is 36.9 Å². The monoisotopic (exact) mass is 248 g/mol. The van der Waals surface area contributed by atoms with Gasteiger partial charge in [-0.3, -0.25) is 0 Å². The van der Waals surface area contributed by atoms with Gasteiger partial charge in [-0.1, -0.05) is 19.1 Å². The van der Waals surface area contributed by atoms with E-state index in [2.05, 4.69) is 31.0 Å². The first-order valence-electron chi connectivity index (χ1n) is 6.89. The third-order valence-corrected chi connectivity index (χ3v) is 3.61. The van der Waals surface area contributed by atoms with Crippen LogP contribution in [0.5, 0.6) is 5.75 Å². The number of likely N-dealkylation sites (N-methyl/N-ethyl adjacent to an activating group) is 1. The van der Waals surface area contributed by atoms with Crippen molar-refractivity contribution in [2.24, 2.45) is 5.73 Å². The normalized spacial score (nSPS) is 16.9. The Bertz CT molecular complexity index is 377. The highest BCUT2D eigenvalue weighted by Crippen LogP contribution is 2.25. The second-order valence-corrected chi connectivity index (χ2v) is 5.15. The van der Waals surface area contributed by atoms with Crippen LogP contribution < -0.4 is 10.5 Å². The maximum Gasteiger partial charge on any atom is 0.119 e. The van der Waals surface area contributed by atoms with Crippen LogP contribution in [-0.2, 0) is 0 Å². The van der Waals surface area contributed by atoms with Crippen molar-refractivity contribution in [1.82, 2.24) is 4.90 Å². The Hall–Kier alpha value is -1.06. The first-order chi connectivity index (χ1) is 8.70. The molecule has 0 bridgehead atoms. The predicted octanol–water partition coefficient (Wildman–Crippen LogP) is 2.57. The average molecular weight is 248 g/mol. The molecule has 0 aromatic heterocycles. The molecule has 100 valence electrons. The fourth-order valence-electron chi connectivity index (χ4n) is 2.08. The summed E-state index contributed by atoms with van der Waals surface area (Å²) in [6, 6.07) is 9.06. The fourth-order valence-corrected chi connectivity index (χ4v) is 2.08. The van der Waals surface area contributed by atoms with Gasteiger partial charge in [0.05, 0.1) is 0 Å². The lowest BCUT2D eigenvalue weighted by Gasteiger charge is -2.16. The van der Waals surface area contributed by atoms with E-state index < -0.39 is 0 Å². The molecule has 0 saturated heterocycles. The first kappa shape index (κ1) is 13.4. The SMILES string of the molecule is CCC(N)c1cccc(OCCN(C)C2CC2)c1. The van der Waals surface area contributed by atoms with Gasteiger partial charge in [0.1, 0.15) is 12.4 Å². The zero-order chi connectivity index (χ0) is 13.0. The van der Waals surface area contributed by atoms with Crippen LogP contribution in [0.4, 0.5) is 0 Å². The molecule has 3 nitrogen and oxygen atoms in total. The van der Waals surface area contributed by atoms with Gasteiger partial charge in [0.2, 0.25) is 0 Å². The van der Waals surface area contributed by atoms with Gasteiger partial charge in [0, 0.05) is 18.6 Å². The van der Waals surface area contributed by atoms with Gasteiger partial charge >= 0.3 is 0 Å². The van der Waals surface area contributed by atoms with E-state index in [1.54, 1.807) is 0 Å². The molecule has 1 aromatic carbocycles. The fraction of sp³-hybridized carbons (Fsp3) is 0.600. The Morgan fingerprint density at radius 2 is 2.22 bits per heavy atom. The van der Waals surface area contributed by atoms with E-state index in [4.69, 9.17) is 10.5 Å². The minimum atomic E-state index is 0.114. The van der Waals surface area contributed by atoms with Gasteiger partial charge in [-0.25, -0.2) is 0 Å². The van der Waals surface area contributed by atoms with Crippen LogP contribution in [-0.4, -0.2) is 31.1 Å². The molecular formula is C15H24N2O. The lowest BCUT2D eigenvalue weighted by molar-refractivity contribution is 0.231. The summed E-state index contributed by atoms with van der Waals surface area (Å²) in [7, 11) is 2.17. The van der Waals surface area contributed by atoms with Crippen LogP contribution in [0.2, 0.25) is 0 Å². The molecule has 0 heterocycles. The molecule has 1 aliphatic rings. The molecule has 3 heteroatoms. The smallest absolute Gasteiger partial charge is 0.119 e. The number of ether oxygens (including phenoxy) is 1. The molecule has 1 aliphatic carbocycles. The van der Waals surface area contributed by atoms with E-state index in [9.17, 15) is 0 Å². The predicted molar refractivity (Wildman–Crippen MR) is 74.8 cm³/mol. The first-order valence-corrected chi connectivity index (χ1v) is 6.89. The molecular weight excluding hydrogens is 224 g/mol. The van der Waals surface area contributed by atoms with Crippen molar-refractivity contribution in [3.8, 4) is 5.75 Å². The van der Waals surface area contributed by atoms with Crippen molar-refractivity contribution in [2.45, 2.75) is 38.3 Å². The van der Waals surface area contributed by atoms with Crippen LogP contribution >= 0.6 is 0 Å². The van der Waals surface area contributed by atoms with Crippen LogP contribution in [0.15, 0.2) is 24.3 Å². The summed E-state index contributed by atoms with van der Waals surface area (Å²) in [6.45, 7) is 3.84. The number of nitrogens with two attached hydrogens (primary N) is 1.